The Morgan fingerprint density at radius 1 is 1.14 bits per heavy atom. The monoisotopic (exact) mass is 503 g/mol. The second kappa shape index (κ2) is 8.50. The Morgan fingerprint density at radius 3 is 2.43 bits per heavy atom. The summed E-state index contributed by atoms with van der Waals surface area (Å²) in [7, 11) is 0. The molecule has 1 saturated carbocycles. The van der Waals surface area contributed by atoms with Crippen LogP contribution in [0.25, 0.3) is 0 Å². The lowest BCUT2D eigenvalue weighted by atomic mass is 10.1. The van der Waals surface area contributed by atoms with E-state index in [0.717, 1.165) is 3.39 Å². The van der Waals surface area contributed by atoms with E-state index in [4.69, 9.17) is 9.47 Å². The van der Waals surface area contributed by atoms with Crippen molar-refractivity contribution in [2.45, 2.75) is 20.0 Å². The van der Waals surface area contributed by atoms with Crippen molar-refractivity contribution in [2.24, 2.45) is 17.3 Å². The first-order valence-corrected chi connectivity index (χ1v) is 10.4. The largest absolute Gasteiger partial charge is 0.457 e. The molecule has 0 saturated heterocycles. The molecule has 0 radical (unpaired) electrons. The molecule has 0 amide bonds. The lowest BCUT2D eigenvalue weighted by Crippen LogP contribution is -2.15. The van der Waals surface area contributed by atoms with Crippen molar-refractivity contribution >= 4 is 37.8 Å². The number of halogens is 2. The van der Waals surface area contributed by atoms with Gasteiger partial charge >= 0.3 is 5.97 Å². The number of nitriles is 1. The molecular weight excluding hydrogens is 486 g/mol. The number of carbonyl (C=O) groups is 1. The van der Waals surface area contributed by atoms with Crippen LogP contribution in [0.3, 0.4) is 0 Å². The zero-order valence-corrected chi connectivity index (χ0v) is 18.6. The minimum atomic E-state index is -1.04. The number of esters is 1. The quantitative estimate of drug-likeness (QED) is 0.422. The molecule has 1 fully saturated rings. The third-order valence-corrected chi connectivity index (χ3v) is 5.52. The molecule has 0 spiro atoms. The topological polar surface area (TPSA) is 59.3 Å². The number of nitrogens with zero attached hydrogens (tertiary/aromatic N) is 1. The fourth-order valence-electron chi connectivity index (χ4n) is 3.33. The Morgan fingerprint density at radius 2 is 1.79 bits per heavy atom. The summed E-state index contributed by atoms with van der Waals surface area (Å²) in [5.74, 6) is 0.504. The van der Waals surface area contributed by atoms with Crippen LogP contribution in [-0.4, -0.2) is 5.97 Å². The van der Waals surface area contributed by atoms with Crippen molar-refractivity contribution in [3.8, 4) is 17.6 Å². The van der Waals surface area contributed by atoms with Gasteiger partial charge < -0.3 is 9.47 Å². The molecule has 0 heterocycles. The molecule has 0 N–H and O–H groups in total. The predicted octanol–water partition coefficient (Wildman–Crippen LogP) is 6.49. The van der Waals surface area contributed by atoms with Gasteiger partial charge in [0.25, 0.3) is 0 Å². The molecule has 1 aliphatic rings. The number of allylic oxidation sites excluding steroid dienone is 1. The van der Waals surface area contributed by atoms with Crippen molar-refractivity contribution in [3.05, 3.63) is 69.6 Å². The average molecular weight is 505 g/mol. The van der Waals surface area contributed by atoms with E-state index in [9.17, 15) is 10.1 Å². The molecule has 3 rings (SSSR count). The van der Waals surface area contributed by atoms with Crippen molar-refractivity contribution in [3.63, 3.8) is 0 Å². The minimum Gasteiger partial charge on any atom is -0.457 e. The van der Waals surface area contributed by atoms with Crippen molar-refractivity contribution in [2.75, 3.05) is 0 Å². The zero-order chi connectivity index (χ0) is 20.3. The van der Waals surface area contributed by atoms with Gasteiger partial charge in [-0.2, -0.15) is 5.26 Å². The summed E-state index contributed by atoms with van der Waals surface area (Å²) < 4.78 is 12.3. The molecule has 3 atom stereocenters. The smallest absolute Gasteiger partial charge is 0.311 e. The highest BCUT2D eigenvalue weighted by Gasteiger charge is 2.61. The van der Waals surface area contributed by atoms with E-state index in [1.165, 1.54) is 0 Å². The van der Waals surface area contributed by atoms with Crippen molar-refractivity contribution in [1.82, 2.24) is 0 Å². The summed E-state index contributed by atoms with van der Waals surface area (Å²) in [4.78, 5) is 12.8. The van der Waals surface area contributed by atoms with E-state index in [2.05, 4.69) is 37.9 Å². The Kier molecular flexibility index (Phi) is 6.26. The summed E-state index contributed by atoms with van der Waals surface area (Å²) in [6.45, 7) is 4.02. The Labute approximate surface area is 181 Å². The molecule has 1 unspecified atom stereocenters. The second-order valence-corrected chi connectivity index (χ2v) is 9.95. The number of para-hydroxylation sites is 2. The lowest BCUT2D eigenvalue weighted by molar-refractivity contribution is -0.149. The Bertz CT molecular complexity index is 930. The van der Waals surface area contributed by atoms with Gasteiger partial charge in [-0.25, -0.2) is 0 Å². The molecule has 0 bridgehead atoms. The molecule has 2 aromatic rings. The highest BCUT2D eigenvalue weighted by Crippen LogP contribution is 2.60. The van der Waals surface area contributed by atoms with E-state index in [-0.39, 0.29) is 23.2 Å². The van der Waals surface area contributed by atoms with Gasteiger partial charge in [-0.1, -0.05) is 56.3 Å². The van der Waals surface area contributed by atoms with Gasteiger partial charge in [-0.15, -0.1) is 0 Å². The molecular formula is C22H19Br2NO3. The van der Waals surface area contributed by atoms with Crippen LogP contribution >= 0.6 is 31.9 Å². The van der Waals surface area contributed by atoms with Gasteiger partial charge in [0.2, 0.25) is 6.10 Å². The first-order valence-electron chi connectivity index (χ1n) is 8.79. The zero-order valence-electron chi connectivity index (χ0n) is 15.4. The van der Waals surface area contributed by atoms with Crippen LogP contribution in [0.2, 0.25) is 0 Å². The third-order valence-electron chi connectivity index (χ3n) is 4.99. The average Bonchev–Trinajstić information content (AvgIpc) is 3.20. The van der Waals surface area contributed by atoms with Gasteiger partial charge in [-0.05, 0) is 61.4 Å². The summed E-state index contributed by atoms with van der Waals surface area (Å²) in [5, 5.41) is 9.65. The first kappa shape index (κ1) is 20.6. The van der Waals surface area contributed by atoms with E-state index in [1.54, 1.807) is 18.2 Å². The van der Waals surface area contributed by atoms with Crippen LogP contribution < -0.4 is 4.74 Å². The highest BCUT2D eigenvalue weighted by molar-refractivity contribution is 9.28. The fourth-order valence-corrected chi connectivity index (χ4v) is 3.90. The maximum atomic E-state index is 12.8. The molecule has 0 aliphatic heterocycles. The van der Waals surface area contributed by atoms with Crippen LogP contribution in [0.15, 0.2) is 64.1 Å². The van der Waals surface area contributed by atoms with E-state index >= 15 is 0 Å². The van der Waals surface area contributed by atoms with E-state index < -0.39 is 6.10 Å². The van der Waals surface area contributed by atoms with Crippen molar-refractivity contribution < 1.29 is 14.3 Å². The maximum absolute atomic E-state index is 12.8. The standard InChI is InChI=1S/C22H19Br2NO3/c1-22(2)16(12-19(23)24)20(22)21(26)28-18(13-25)15-10-6-7-11-17(15)27-14-8-4-3-5-9-14/h3-12,16,18,20H,1-2H3/t16-,18?,20-/m1/s1. The number of hydrogen-bond donors (Lipinski definition) is 0. The van der Waals surface area contributed by atoms with Crippen molar-refractivity contribution in [1.29, 1.82) is 5.26 Å². The number of ether oxygens (including phenoxy) is 2. The van der Waals surface area contributed by atoms with Gasteiger partial charge in [-0.3, -0.25) is 4.79 Å². The molecule has 2 aromatic carbocycles. The summed E-state index contributed by atoms with van der Waals surface area (Å²) >= 11 is 6.68. The molecule has 144 valence electrons. The van der Waals surface area contributed by atoms with Gasteiger partial charge in [0, 0.05) is 5.56 Å². The summed E-state index contributed by atoms with van der Waals surface area (Å²) in [6, 6.07) is 18.5. The van der Waals surface area contributed by atoms with Crippen LogP contribution in [-0.2, 0) is 9.53 Å². The molecule has 4 nitrogen and oxygen atoms in total. The van der Waals surface area contributed by atoms with E-state index in [1.807, 2.05) is 56.3 Å². The Balaban J connectivity index is 1.79. The highest BCUT2D eigenvalue weighted by atomic mass is 79.9. The summed E-state index contributed by atoms with van der Waals surface area (Å²) in [6.07, 6.45) is 0.903. The third kappa shape index (κ3) is 4.48. The number of carbonyl (C=O) groups excluding carboxylic acids is 1. The normalized spacial score (nSPS) is 20.4. The second-order valence-electron chi connectivity index (χ2n) is 7.18. The van der Waals surface area contributed by atoms with Crippen LogP contribution in [0.4, 0.5) is 0 Å². The predicted molar refractivity (Wildman–Crippen MR) is 114 cm³/mol. The number of benzene rings is 2. The molecule has 1 aliphatic carbocycles. The number of hydrogen-bond acceptors (Lipinski definition) is 4. The van der Waals surface area contributed by atoms with E-state index in [0.29, 0.717) is 17.1 Å². The molecule has 6 heteroatoms. The van der Waals surface area contributed by atoms with Gasteiger partial charge in [0.05, 0.1) is 9.31 Å². The SMILES string of the molecule is CC1(C)[C@H](C=C(Br)Br)[C@@H]1C(=O)OC(C#N)c1ccccc1Oc1ccccc1. The first-order chi connectivity index (χ1) is 13.3. The molecule has 0 aromatic heterocycles. The number of rotatable bonds is 6. The van der Waals surface area contributed by atoms with Crippen LogP contribution in [0.5, 0.6) is 11.5 Å². The maximum Gasteiger partial charge on any atom is 0.311 e. The van der Waals surface area contributed by atoms with Crippen LogP contribution in [0.1, 0.15) is 25.5 Å². The summed E-state index contributed by atoms with van der Waals surface area (Å²) in [5.41, 5.74) is 0.304. The fraction of sp³-hybridized carbons (Fsp3) is 0.273. The molecule has 28 heavy (non-hydrogen) atoms. The van der Waals surface area contributed by atoms with Crippen LogP contribution in [0, 0.1) is 28.6 Å². The van der Waals surface area contributed by atoms with Gasteiger partial charge in [0.1, 0.15) is 17.6 Å². The lowest BCUT2D eigenvalue weighted by Gasteiger charge is -2.16. The minimum absolute atomic E-state index is 0.0453. The Hall–Kier alpha value is -2.10. The van der Waals surface area contributed by atoms with Gasteiger partial charge in [0.15, 0.2) is 0 Å².